The summed E-state index contributed by atoms with van der Waals surface area (Å²) in [5, 5.41) is 3.37. The van der Waals surface area contributed by atoms with Crippen LogP contribution >= 0.6 is 0 Å². The summed E-state index contributed by atoms with van der Waals surface area (Å²) in [7, 11) is 2.02. The molecule has 0 radical (unpaired) electrons. The van der Waals surface area contributed by atoms with Crippen LogP contribution in [0.25, 0.3) is 0 Å². The SMILES string of the molecule is CCCC(NC)c1ccn(CCCCCC(=O)OCC)c1. The molecule has 1 aromatic rings. The van der Waals surface area contributed by atoms with Gasteiger partial charge in [-0.25, -0.2) is 0 Å². The van der Waals surface area contributed by atoms with Crippen molar-refractivity contribution in [1.29, 1.82) is 0 Å². The van der Waals surface area contributed by atoms with Gasteiger partial charge in [0.05, 0.1) is 6.61 Å². The number of unbranched alkanes of at least 4 members (excludes halogenated alkanes) is 2. The van der Waals surface area contributed by atoms with Gasteiger partial charge in [0.1, 0.15) is 0 Å². The average Bonchev–Trinajstić information content (AvgIpc) is 2.93. The first kappa shape index (κ1) is 17.8. The lowest BCUT2D eigenvalue weighted by atomic mass is 10.1. The maximum atomic E-state index is 11.2. The fourth-order valence-corrected chi connectivity index (χ4v) is 2.54. The van der Waals surface area contributed by atoms with Gasteiger partial charge in [0.15, 0.2) is 0 Å². The summed E-state index contributed by atoms with van der Waals surface area (Å²) >= 11 is 0. The largest absolute Gasteiger partial charge is 0.466 e. The first-order chi connectivity index (χ1) is 10.2. The quantitative estimate of drug-likeness (QED) is 0.500. The molecule has 1 aromatic heterocycles. The molecule has 0 aromatic carbocycles. The van der Waals surface area contributed by atoms with Crippen molar-refractivity contribution in [1.82, 2.24) is 9.88 Å². The molecule has 0 saturated heterocycles. The topological polar surface area (TPSA) is 43.3 Å². The van der Waals surface area contributed by atoms with Crippen molar-refractivity contribution >= 4 is 5.97 Å². The van der Waals surface area contributed by atoms with E-state index in [4.69, 9.17) is 4.74 Å². The first-order valence-electron chi connectivity index (χ1n) is 8.19. The summed E-state index contributed by atoms with van der Waals surface area (Å²) in [5.41, 5.74) is 1.37. The molecular formula is C17H30N2O2. The first-order valence-corrected chi connectivity index (χ1v) is 8.19. The van der Waals surface area contributed by atoms with Crippen LogP contribution in [0.2, 0.25) is 0 Å². The van der Waals surface area contributed by atoms with Crippen LogP contribution in [0.1, 0.15) is 64.0 Å². The van der Waals surface area contributed by atoms with Crippen molar-refractivity contribution in [3.05, 3.63) is 24.0 Å². The molecule has 0 fully saturated rings. The van der Waals surface area contributed by atoms with Crippen LogP contribution in [0, 0.1) is 0 Å². The molecule has 21 heavy (non-hydrogen) atoms. The maximum Gasteiger partial charge on any atom is 0.305 e. The van der Waals surface area contributed by atoms with E-state index in [1.807, 2.05) is 14.0 Å². The monoisotopic (exact) mass is 294 g/mol. The van der Waals surface area contributed by atoms with Gasteiger partial charge < -0.3 is 14.6 Å². The summed E-state index contributed by atoms with van der Waals surface area (Å²) in [4.78, 5) is 11.2. The molecule has 4 nitrogen and oxygen atoms in total. The van der Waals surface area contributed by atoms with E-state index < -0.39 is 0 Å². The van der Waals surface area contributed by atoms with E-state index in [0.29, 0.717) is 19.1 Å². The number of ether oxygens (including phenoxy) is 1. The fraction of sp³-hybridized carbons (Fsp3) is 0.706. The molecule has 1 atom stereocenters. The van der Waals surface area contributed by atoms with E-state index in [1.165, 1.54) is 18.4 Å². The van der Waals surface area contributed by atoms with Gasteiger partial charge in [-0.15, -0.1) is 0 Å². The van der Waals surface area contributed by atoms with Crippen molar-refractivity contribution in [2.24, 2.45) is 0 Å². The highest BCUT2D eigenvalue weighted by Gasteiger charge is 2.09. The summed E-state index contributed by atoms with van der Waals surface area (Å²) in [5.74, 6) is -0.0721. The molecule has 0 aliphatic carbocycles. The van der Waals surface area contributed by atoms with E-state index >= 15 is 0 Å². The Labute approximate surface area is 128 Å². The molecular weight excluding hydrogens is 264 g/mol. The van der Waals surface area contributed by atoms with Gasteiger partial charge in [-0.2, -0.15) is 0 Å². The molecule has 0 spiro atoms. The summed E-state index contributed by atoms with van der Waals surface area (Å²) < 4.78 is 7.17. The van der Waals surface area contributed by atoms with Crippen LogP contribution in [0.5, 0.6) is 0 Å². The number of hydrogen-bond acceptors (Lipinski definition) is 3. The molecule has 120 valence electrons. The third-order valence-electron chi connectivity index (χ3n) is 3.70. The van der Waals surface area contributed by atoms with E-state index in [-0.39, 0.29) is 5.97 Å². The highest BCUT2D eigenvalue weighted by molar-refractivity contribution is 5.69. The van der Waals surface area contributed by atoms with Crippen LogP contribution in [0.15, 0.2) is 18.5 Å². The van der Waals surface area contributed by atoms with E-state index in [2.05, 4.69) is 35.3 Å². The fourth-order valence-electron chi connectivity index (χ4n) is 2.54. The normalized spacial score (nSPS) is 12.3. The van der Waals surface area contributed by atoms with E-state index in [9.17, 15) is 4.79 Å². The van der Waals surface area contributed by atoms with Crippen LogP contribution < -0.4 is 5.32 Å². The van der Waals surface area contributed by atoms with Gasteiger partial charge in [-0.1, -0.05) is 19.8 Å². The van der Waals surface area contributed by atoms with Crippen LogP contribution in [-0.4, -0.2) is 24.2 Å². The standard InChI is InChI=1S/C17H30N2O2/c1-4-9-16(18-3)15-11-13-19(14-15)12-8-6-7-10-17(20)21-5-2/h11,13-14,16,18H,4-10,12H2,1-3H3. The zero-order valence-electron chi connectivity index (χ0n) is 13.7. The van der Waals surface area contributed by atoms with Crippen molar-refractivity contribution in [3.8, 4) is 0 Å². The Bertz CT molecular complexity index is 401. The van der Waals surface area contributed by atoms with Gasteiger partial charge in [0, 0.05) is 31.4 Å². The minimum atomic E-state index is -0.0721. The van der Waals surface area contributed by atoms with Crippen LogP contribution in [-0.2, 0) is 16.1 Å². The van der Waals surface area contributed by atoms with Crippen molar-refractivity contribution in [2.45, 2.75) is 65.0 Å². The number of hydrogen-bond donors (Lipinski definition) is 1. The predicted octanol–water partition coefficient (Wildman–Crippen LogP) is 3.67. The van der Waals surface area contributed by atoms with Crippen molar-refractivity contribution in [2.75, 3.05) is 13.7 Å². The Morgan fingerprint density at radius 1 is 1.33 bits per heavy atom. The lowest BCUT2D eigenvalue weighted by Crippen LogP contribution is -2.15. The maximum absolute atomic E-state index is 11.2. The Morgan fingerprint density at radius 3 is 2.81 bits per heavy atom. The Morgan fingerprint density at radius 2 is 2.14 bits per heavy atom. The third-order valence-corrected chi connectivity index (χ3v) is 3.70. The van der Waals surface area contributed by atoms with E-state index in [0.717, 1.165) is 25.8 Å². The number of esters is 1. The molecule has 1 unspecified atom stereocenters. The Balaban J connectivity index is 2.24. The Hall–Kier alpha value is -1.29. The molecule has 0 saturated carbocycles. The van der Waals surface area contributed by atoms with Crippen molar-refractivity contribution in [3.63, 3.8) is 0 Å². The van der Waals surface area contributed by atoms with Gasteiger partial charge in [-0.3, -0.25) is 4.79 Å². The second kappa shape index (κ2) is 10.4. The van der Waals surface area contributed by atoms with Crippen LogP contribution in [0.3, 0.4) is 0 Å². The minimum Gasteiger partial charge on any atom is -0.466 e. The summed E-state index contributed by atoms with van der Waals surface area (Å²) in [6, 6.07) is 2.66. The second-order valence-electron chi connectivity index (χ2n) is 5.43. The molecule has 0 amide bonds. The minimum absolute atomic E-state index is 0.0721. The summed E-state index contributed by atoms with van der Waals surface area (Å²) in [6.45, 7) is 5.56. The smallest absolute Gasteiger partial charge is 0.305 e. The number of aryl methyl sites for hydroxylation is 1. The molecule has 1 N–H and O–H groups in total. The molecule has 1 rings (SSSR count). The third kappa shape index (κ3) is 6.80. The highest BCUT2D eigenvalue weighted by Crippen LogP contribution is 2.18. The average molecular weight is 294 g/mol. The number of rotatable bonds is 11. The lowest BCUT2D eigenvalue weighted by molar-refractivity contribution is -0.143. The van der Waals surface area contributed by atoms with Gasteiger partial charge in [0.25, 0.3) is 0 Å². The highest BCUT2D eigenvalue weighted by atomic mass is 16.5. The number of nitrogens with one attached hydrogen (secondary N) is 1. The number of carbonyl (C=O) groups excluding carboxylic acids is 1. The molecule has 4 heteroatoms. The number of nitrogens with zero attached hydrogens (tertiary/aromatic N) is 1. The zero-order chi connectivity index (χ0) is 15.5. The lowest BCUT2D eigenvalue weighted by Gasteiger charge is -2.13. The van der Waals surface area contributed by atoms with Gasteiger partial charge in [0.2, 0.25) is 0 Å². The predicted molar refractivity (Wildman–Crippen MR) is 86.2 cm³/mol. The van der Waals surface area contributed by atoms with E-state index in [1.54, 1.807) is 0 Å². The van der Waals surface area contributed by atoms with Gasteiger partial charge >= 0.3 is 5.97 Å². The van der Waals surface area contributed by atoms with Crippen LogP contribution in [0.4, 0.5) is 0 Å². The second-order valence-corrected chi connectivity index (χ2v) is 5.43. The number of carbonyl (C=O) groups is 1. The van der Waals surface area contributed by atoms with Gasteiger partial charge in [-0.05, 0) is 44.9 Å². The zero-order valence-corrected chi connectivity index (χ0v) is 13.7. The Kier molecular flexibility index (Phi) is 8.83. The number of aromatic nitrogens is 1. The molecule has 0 aliphatic heterocycles. The molecule has 1 heterocycles. The van der Waals surface area contributed by atoms with Crippen molar-refractivity contribution < 1.29 is 9.53 Å². The molecule has 0 aliphatic rings. The molecule has 0 bridgehead atoms. The summed E-state index contributed by atoms with van der Waals surface area (Å²) in [6.07, 6.45) is 10.4.